The van der Waals surface area contributed by atoms with Crippen LogP contribution in [0.25, 0.3) is 0 Å². The molecule has 1 N–H and O–H groups in total. The first-order valence-electron chi connectivity index (χ1n) is 9.71. The van der Waals surface area contributed by atoms with Crippen LogP contribution in [0.4, 0.5) is 14.5 Å². The molecule has 1 fully saturated rings. The van der Waals surface area contributed by atoms with Crippen molar-refractivity contribution in [2.45, 2.75) is 4.90 Å². The zero-order valence-electron chi connectivity index (χ0n) is 16.7. The van der Waals surface area contributed by atoms with Gasteiger partial charge in [0.25, 0.3) is 11.8 Å². The third-order valence-corrected chi connectivity index (χ3v) is 7.01. The number of aliphatic imine (C=N–C) groups is 1. The number of para-hydroxylation sites is 1. The first-order valence-corrected chi connectivity index (χ1v) is 11.1. The van der Waals surface area contributed by atoms with Crippen LogP contribution in [0.15, 0.2) is 58.4 Å². The van der Waals surface area contributed by atoms with Gasteiger partial charge in [-0.2, -0.15) is 4.31 Å². The molecule has 168 valence electrons. The van der Waals surface area contributed by atoms with Gasteiger partial charge >= 0.3 is 0 Å². The number of benzene rings is 2. The van der Waals surface area contributed by atoms with Crippen LogP contribution >= 0.6 is 0 Å². The lowest BCUT2D eigenvalue weighted by Gasteiger charge is -2.35. The number of nitrogens with zero attached hydrogens (tertiary/aromatic N) is 4. The summed E-state index contributed by atoms with van der Waals surface area (Å²) in [7, 11) is -4.04. The van der Waals surface area contributed by atoms with Crippen molar-refractivity contribution < 1.29 is 26.8 Å². The highest BCUT2D eigenvalue weighted by Crippen LogP contribution is 2.20. The molecule has 12 heteroatoms. The Balaban J connectivity index is 1.42. The predicted octanol–water partition coefficient (Wildman–Crippen LogP) is 0.748. The normalized spacial score (nSPS) is 17.7. The zero-order valence-corrected chi connectivity index (χ0v) is 17.6. The monoisotopic (exact) mass is 463 g/mol. The van der Waals surface area contributed by atoms with Crippen LogP contribution in [-0.4, -0.2) is 68.0 Å². The number of amides is 2. The lowest BCUT2D eigenvalue weighted by molar-refractivity contribution is -0.125. The Hall–Kier alpha value is -3.38. The molecule has 9 nitrogen and oxygen atoms in total. The van der Waals surface area contributed by atoms with E-state index in [2.05, 4.69) is 10.4 Å². The van der Waals surface area contributed by atoms with E-state index < -0.39 is 27.6 Å². The summed E-state index contributed by atoms with van der Waals surface area (Å²) in [6.07, 6.45) is 0. The number of anilines is 1. The molecule has 0 spiro atoms. The van der Waals surface area contributed by atoms with Gasteiger partial charge in [-0.1, -0.05) is 18.2 Å². The second-order valence-electron chi connectivity index (χ2n) is 7.11. The van der Waals surface area contributed by atoms with Gasteiger partial charge in [0.05, 0.1) is 10.6 Å². The van der Waals surface area contributed by atoms with Crippen LogP contribution in [0.5, 0.6) is 0 Å². The van der Waals surface area contributed by atoms with Gasteiger partial charge in [0.1, 0.15) is 6.54 Å². The highest BCUT2D eigenvalue weighted by atomic mass is 32.2. The number of rotatable bonds is 4. The van der Waals surface area contributed by atoms with Gasteiger partial charge in [0, 0.05) is 26.2 Å². The number of carbonyl (C=O) groups excluding carboxylic acids is 2. The number of nitrogens with one attached hydrogen (secondary N) is 1. The number of hydrazine groups is 1. The highest BCUT2D eigenvalue weighted by Gasteiger charge is 2.34. The molecule has 2 aliphatic rings. The summed E-state index contributed by atoms with van der Waals surface area (Å²) in [5, 5.41) is 1.24. The molecule has 2 amide bonds. The molecule has 0 unspecified atom stereocenters. The fourth-order valence-electron chi connectivity index (χ4n) is 3.39. The Morgan fingerprint density at radius 2 is 1.66 bits per heavy atom. The Morgan fingerprint density at radius 1 is 0.969 bits per heavy atom. The van der Waals surface area contributed by atoms with Crippen LogP contribution in [0.2, 0.25) is 0 Å². The summed E-state index contributed by atoms with van der Waals surface area (Å²) in [6, 6.07) is 11.1. The number of amidine groups is 1. The molecular weight excluding hydrogens is 444 g/mol. The average Bonchev–Trinajstić information content (AvgIpc) is 2.81. The number of hydrogen-bond acceptors (Lipinski definition) is 6. The topological polar surface area (TPSA) is 102 Å². The summed E-state index contributed by atoms with van der Waals surface area (Å²) < 4.78 is 53.2. The molecule has 2 aliphatic heterocycles. The van der Waals surface area contributed by atoms with Gasteiger partial charge in [0.2, 0.25) is 15.9 Å². The van der Waals surface area contributed by atoms with E-state index in [1.807, 2.05) is 0 Å². The van der Waals surface area contributed by atoms with Gasteiger partial charge in [-0.3, -0.25) is 20.0 Å². The number of carbonyl (C=O) groups is 2. The molecule has 2 aromatic carbocycles. The maximum atomic E-state index is 13.5. The third kappa shape index (κ3) is 4.18. The van der Waals surface area contributed by atoms with Crippen molar-refractivity contribution >= 4 is 33.4 Å². The van der Waals surface area contributed by atoms with Crippen LogP contribution in [-0.2, 0) is 19.6 Å². The molecule has 1 saturated heterocycles. The quantitative estimate of drug-likeness (QED) is 0.721. The van der Waals surface area contributed by atoms with Crippen molar-refractivity contribution in [1.82, 2.24) is 14.6 Å². The zero-order chi connectivity index (χ0) is 22.9. The molecular formula is C20H19F2N5O4S. The summed E-state index contributed by atoms with van der Waals surface area (Å²) in [4.78, 5) is 30.1. The molecule has 0 atom stereocenters. The minimum atomic E-state index is -4.04. The molecule has 0 bridgehead atoms. The smallest absolute Gasteiger partial charge is 0.290 e. The molecule has 2 aromatic rings. The Labute approximate surface area is 183 Å². The van der Waals surface area contributed by atoms with E-state index in [1.54, 1.807) is 30.3 Å². The van der Waals surface area contributed by atoms with Crippen molar-refractivity contribution in [3.8, 4) is 0 Å². The van der Waals surface area contributed by atoms with Crippen molar-refractivity contribution in [2.75, 3.05) is 37.7 Å². The maximum Gasteiger partial charge on any atom is 0.290 e. The summed E-state index contributed by atoms with van der Waals surface area (Å²) in [5.41, 5.74) is 3.28. The molecule has 0 aromatic heterocycles. The predicted molar refractivity (Wildman–Crippen MR) is 111 cm³/mol. The molecule has 2 heterocycles. The summed E-state index contributed by atoms with van der Waals surface area (Å²) in [6.45, 7) is -0.111. The second kappa shape index (κ2) is 8.63. The number of sulfonamides is 1. The van der Waals surface area contributed by atoms with Crippen LogP contribution in [0.1, 0.15) is 0 Å². The summed E-state index contributed by atoms with van der Waals surface area (Å²) >= 11 is 0. The number of hydrogen-bond donors (Lipinski definition) is 1. The van der Waals surface area contributed by atoms with Crippen molar-refractivity contribution in [1.29, 1.82) is 0 Å². The fourth-order valence-corrected chi connectivity index (χ4v) is 4.82. The highest BCUT2D eigenvalue weighted by molar-refractivity contribution is 7.89. The van der Waals surface area contributed by atoms with E-state index in [0.29, 0.717) is 11.8 Å². The first kappa shape index (κ1) is 21.8. The Morgan fingerprint density at radius 3 is 2.31 bits per heavy atom. The van der Waals surface area contributed by atoms with Crippen LogP contribution in [0.3, 0.4) is 0 Å². The van der Waals surface area contributed by atoms with Gasteiger partial charge in [-0.15, -0.1) is 0 Å². The fraction of sp³-hybridized carbons (Fsp3) is 0.250. The van der Waals surface area contributed by atoms with Gasteiger partial charge in [-0.25, -0.2) is 22.2 Å². The minimum absolute atomic E-state index is 0.0228. The Bertz CT molecular complexity index is 1180. The van der Waals surface area contributed by atoms with E-state index in [9.17, 15) is 26.8 Å². The van der Waals surface area contributed by atoms with Gasteiger partial charge < -0.3 is 4.90 Å². The molecule has 0 aliphatic carbocycles. The van der Waals surface area contributed by atoms with E-state index in [-0.39, 0.29) is 49.4 Å². The maximum absolute atomic E-state index is 13.5. The van der Waals surface area contributed by atoms with E-state index in [1.165, 1.54) is 9.91 Å². The first-order chi connectivity index (χ1) is 15.3. The molecule has 4 rings (SSSR count). The van der Waals surface area contributed by atoms with Crippen molar-refractivity contribution in [2.24, 2.45) is 4.99 Å². The van der Waals surface area contributed by atoms with Crippen molar-refractivity contribution in [3.63, 3.8) is 0 Å². The van der Waals surface area contributed by atoms with Gasteiger partial charge in [0.15, 0.2) is 11.6 Å². The third-order valence-electron chi connectivity index (χ3n) is 5.11. The minimum Gasteiger partial charge on any atom is -0.333 e. The van der Waals surface area contributed by atoms with E-state index >= 15 is 0 Å². The lowest BCUT2D eigenvalue weighted by atomic mass is 10.3. The largest absolute Gasteiger partial charge is 0.333 e. The van der Waals surface area contributed by atoms with Crippen LogP contribution in [0, 0.1) is 11.6 Å². The second-order valence-corrected chi connectivity index (χ2v) is 9.05. The van der Waals surface area contributed by atoms with E-state index in [4.69, 9.17) is 0 Å². The molecule has 0 saturated carbocycles. The molecule has 32 heavy (non-hydrogen) atoms. The van der Waals surface area contributed by atoms with Crippen LogP contribution < -0.4 is 10.4 Å². The summed E-state index contributed by atoms with van der Waals surface area (Å²) in [5.74, 6) is -3.20. The SMILES string of the molecule is O=C(C1=NCC(=O)N(c2ccccc2)N1)N1CCN(S(=O)(=O)c2ccc(F)c(F)c2)CC1. The number of halogens is 2. The number of piperazine rings is 1. The lowest BCUT2D eigenvalue weighted by Crippen LogP contribution is -2.59. The standard InChI is InChI=1S/C20H19F2N5O4S/c21-16-7-6-15(12-17(16)22)32(30,31)26-10-8-25(9-11-26)20(29)19-23-13-18(28)27(24-19)14-4-2-1-3-5-14/h1-7,12H,8-11,13H2,(H,23,24). The van der Waals surface area contributed by atoms with E-state index in [0.717, 1.165) is 16.4 Å². The van der Waals surface area contributed by atoms with Gasteiger partial charge in [-0.05, 0) is 30.3 Å². The van der Waals surface area contributed by atoms with Crippen molar-refractivity contribution in [3.05, 3.63) is 60.2 Å². The Kier molecular flexibility index (Phi) is 5.89. The molecule has 0 radical (unpaired) electrons. The average molecular weight is 463 g/mol.